The van der Waals surface area contributed by atoms with Gasteiger partial charge in [-0.3, -0.25) is 0 Å². The molecule has 0 aromatic carbocycles. The third-order valence-corrected chi connectivity index (χ3v) is 5.61. The van der Waals surface area contributed by atoms with Gasteiger partial charge in [0.2, 0.25) is 0 Å². The Morgan fingerprint density at radius 2 is 1.64 bits per heavy atom. The van der Waals surface area contributed by atoms with Crippen LogP contribution in [0, 0.1) is 0 Å². The van der Waals surface area contributed by atoms with E-state index in [1.54, 1.807) is 0 Å². The summed E-state index contributed by atoms with van der Waals surface area (Å²) in [5.41, 5.74) is 0. The topological polar surface area (TPSA) is 0 Å². The maximum atomic E-state index is 7.92. The van der Waals surface area contributed by atoms with Crippen molar-refractivity contribution in [2.75, 3.05) is 0 Å². The second-order valence-corrected chi connectivity index (χ2v) is 14.9. The van der Waals surface area contributed by atoms with Crippen molar-refractivity contribution in [2.24, 2.45) is 0 Å². The number of hydrogen-bond donors (Lipinski definition) is 0. The third kappa shape index (κ3) is 7.73. The first-order chi connectivity index (χ1) is 12.0. The van der Waals surface area contributed by atoms with Crippen LogP contribution in [0.5, 0.6) is 0 Å². The first kappa shape index (κ1) is 1.86. The van der Waals surface area contributed by atoms with Crippen molar-refractivity contribution < 1.29 is 24.7 Å². The minimum absolute atomic E-state index is 3.77. The van der Waals surface area contributed by atoms with Crippen molar-refractivity contribution >= 4 is 34.0 Å². The maximum absolute atomic E-state index is 7.92. The summed E-state index contributed by atoms with van der Waals surface area (Å²) in [5.74, 6) is 0. The van der Waals surface area contributed by atoms with E-state index >= 15 is 0 Å². The number of halogens is 2. The molecule has 0 aliphatic carbocycles. The number of rotatable bonds is 6. The summed E-state index contributed by atoms with van der Waals surface area (Å²) in [7, 11) is 11.7. The van der Waals surface area contributed by atoms with Gasteiger partial charge in [0, 0.05) is 0 Å². The molecule has 68 valence electrons. The van der Waals surface area contributed by atoms with Gasteiger partial charge in [0.1, 0.15) is 0 Å². The second-order valence-electron chi connectivity index (χ2n) is 1.32. The molecule has 0 aromatic heterocycles. The zero-order chi connectivity index (χ0) is 24.5. The Bertz CT molecular complexity index is 562. The van der Waals surface area contributed by atoms with Gasteiger partial charge in [-0.2, -0.15) is 0 Å². The Hall–Kier alpha value is 1.38. The summed E-state index contributed by atoms with van der Waals surface area (Å²) < 4.78 is 128. The summed E-state index contributed by atoms with van der Waals surface area (Å²) >= 11 is -6.91. The van der Waals surface area contributed by atoms with Crippen LogP contribution in [0.15, 0.2) is 0 Å². The molecule has 0 radical (unpaired) electrons. The molecular weight excluding hydrogens is 286 g/mol. The van der Waals surface area contributed by atoms with Gasteiger partial charge in [-0.25, -0.2) is 0 Å². The molecule has 0 nitrogen and oxygen atoms in total. The summed E-state index contributed by atoms with van der Waals surface area (Å²) in [5, 5.41) is 0. The van der Waals surface area contributed by atoms with Gasteiger partial charge in [-0.15, -0.1) is 0 Å². The number of hydrogen-bond acceptors (Lipinski definition) is 0. The van der Waals surface area contributed by atoms with Crippen LogP contribution in [0.1, 0.15) is 63.9 Å². The molecule has 3 heteroatoms. The van der Waals surface area contributed by atoms with Crippen LogP contribution in [-0.4, -0.2) is 16.1 Å². The third-order valence-electron chi connectivity index (χ3n) is 0.564. The molecule has 0 saturated carbocycles. The van der Waals surface area contributed by atoms with E-state index in [1.165, 1.54) is 0 Å². The summed E-state index contributed by atoms with van der Waals surface area (Å²) in [6.45, 7) is -7.53. The molecule has 0 rings (SSSR count). The van der Waals surface area contributed by atoms with Crippen LogP contribution in [-0.2, 0) is 0 Å². The van der Waals surface area contributed by atoms with Crippen LogP contribution < -0.4 is 0 Å². The van der Waals surface area contributed by atoms with Gasteiger partial charge in [0.05, 0.1) is 0 Å². The van der Waals surface area contributed by atoms with E-state index in [0.717, 1.165) is 0 Å². The van der Waals surface area contributed by atoms with E-state index in [0.29, 0.717) is 0 Å². The van der Waals surface area contributed by atoms with E-state index in [2.05, 4.69) is 0 Å². The van der Waals surface area contributed by atoms with E-state index in [4.69, 9.17) is 42.5 Å². The summed E-state index contributed by atoms with van der Waals surface area (Å²) in [6.07, 6.45) is -16.1. The first-order valence-corrected chi connectivity index (χ1v) is 12.5. The second kappa shape index (κ2) is 6.85. The Morgan fingerprint density at radius 3 is 2.00 bits per heavy atom. The van der Waals surface area contributed by atoms with Crippen LogP contribution >= 0.6 is 17.8 Å². The Morgan fingerprint density at radius 1 is 1.18 bits per heavy atom. The molecule has 0 amide bonds. The molecule has 0 heterocycles. The van der Waals surface area contributed by atoms with Gasteiger partial charge >= 0.3 is 107 Å². The van der Waals surface area contributed by atoms with Crippen LogP contribution in [0.4, 0.5) is 0 Å². The van der Waals surface area contributed by atoms with Gasteiger partial charge in [-0.1, -0.05) is 0 Å². The van der Waals surface area contributed by atoms with Crippen LogP contribution in [0.2, 0.25) is 8.78 Å². The van der Waals surface area contributed by atoms with E-state index < -0.39 is 64.1 Å². The molecule has 0 aliphatic rings. The monoisotopic (exact) mass is 322 g/mol. The normalized spacial score (nSPS) is 46.4. The SMILES string of the molecule is [2H]C([2H])([2H])C([2H])([2H])C([2H])([2H])[C]([2H])([2H])[Sn]([Cl])([Cl])[C]([2H])([2H])C([2H])([2H])C([2H])([2H])C([2H])([2H])[2H]. The average molecular weight is 322 g/mol. The summed E-state index contributed by atoms with van der Waals surface area (Å²) in [4.78, 5) is 0. The minimum atomic E-state index is -6.91. The predicted molar refractivity (Wildman–Crippen MR) is 56.9 cm³/mol. The Balaban J connectivity index is 6.82. The summed E-state index contributed by atoms with van der Waals surface area (Å²) in [6, 6.07) is 0. The molecule has 0 unspecified atom stereocenters. The van der Waals surface area contributed by atoms with Gasteiger partial charge in [0.15, 0.2) is 0 Å². The molecule has 0 N–H and O–H groups in total. The molecule has 0 atom stereocenters. The van der Waals surface area contributed by atoms with Gasteiger partial charge in [0.25, 0.3) is 0 Å². The van der Waals surface area contributed by atoms with E-state index in [-0.39, 0.29) is 0 Å². The average Bonchev–Trinajstić information content (AvgIpc) is 2.43. The standard InChI is InChI=1S/2C4H9.2ClH.Sn/c2*1-3-4-2;;;/h2*1,3-4H2,2H3;2*1H;/q;;;;+2/p-2/i2*1D2,2D3,3D2,4D2;;;. The van der Waals surface area contributed by atoms with Gasteiger partial charge < -0.3 is 0 Å². The van der Waals surface area contributed by atoms with E-state index in [1.807, 2.05) is 0 Å². The molecule has 0 spiro atoms. The molecular formula is C8H18Cl2Sn. The van der Waals surface area contributed by atoms with Crippen molar-refractivity contribution in [1.29, 1.82) is 0 Å². The van der Waals surface area contributed by atoms with Crippen LogP contribution in [0.25, 0.3) is 0 Å². The molecule has 0 saturated heterocycles. The fourth-order valence-corrected chi connectivity index (χ4v) is 2.95. The fourth-order valence-electron chi connectivity index (χ4n) is 0.251. The fraction of sp³-hybridized carbons (Fsp3) is 1.00. The van der Waals surface area contributed by atoms with Crippen LogP contribution in [0.3, 0.4) is 0 Å². The quantitative estimate of drug-likeness (QED) is 0.632. The molecule has 0 aromatic rings. The van der Waals surface area contributed by atoms with E-state index in [9.17, 15) is 0 Å². The van der Waals surface area contributed by atoms with Gasteiger partial charge in [-0.05, 0) is 0 Å². The van der Waals surface area contributed by atoms with Crippen molar-refractivity contribution in [3.63, 3.8) is 0 Å². The molecule has 0 aliphatic heterocycles. The molecule has 11 heavy (non-hydrogen) atoms. The molecule has 0 bridgehead atoms. The predicted octanol–water partition coefficient (Wildman–Crippen LogP) is 4.51. The zero-order valence-electron chi connectivity index (χ0n) is 23.3. The van der Waals surface area contributed by atoms with Crippen molar-refractivity contribution in [1.82, 2.24) is 0 Å². The Labute approximate surface area is 107 Å². The Kier molecular flexibility index (Phi) is 1.16. The van der Waals surface area contributed by atoms with Crippen molar-refractivity contribution in [3.05, 3.63) is 0 Å². The first-order valence-electron chi connectivity index (χ1n) is 11.4. The van der Waals surface area contributed by atoms with Crippen molar-refractivity contribution in [2.45, 2.75) is 48.0 Å². The van der Waals surface area contributed by atoms with Crippen molar-refractivity contribution in [3.8, 4) is 0 Å². The zero-order valence-corrected chi connectivity index (χ0v) is 9.62. The molecule has 0 fully saturated rings.